The first-order chi connectivity index (χ1) is 15.2. The molecular formula is C23H22N4O3S. The van der Waals surface area contributed by atoms with E-state index in [2.05, 4.69) is 20.4 Å². The summed E-state index contributed by atoms with van der Waals surface area (Å²) < 4.78 is 11.0. The van der Waals surface area contributed by atoms with Gasteiger partial charge in [0.25, 0.3) is 5.91 Å². The normalized spacial score (nSPS) is 13.6. The predicted molar refractivity (Wildman–Crippen MR) is 116 cm³/mol. The molecular weight excluding hydrogens is 412 g/mol. The highest BCUT2D eigenvalue weighted by Gasteiger charge is 2.23. The number of benzene rings is 1. The third-order valence-corrected chi connectivity index (χ3v) is 5.93. The molecule has 0 aliphatic heterocycles. The fraction of sp³-hybridized carbons (Fsp3) is 0.261. The molecule has 1 saturated carbocycles. The molecule has 0 bridgehead atoms. The van der Waals surface area contributed by atoms with Gasteiger partial charge in [-0.25, -0.2) is 0 Å². The summed E-state index contributed by atoms with van der Waals surface area (Å²) in [7, 11) is 0. The molecule has 7 nitrogen and oxygen atoms in total. The van der Waals surface area contributed by atoms with Gasteiger partial charge >= 0.3 is 0 Å². The molecule has 1 amide bonds. The van der Waals surface area contributed by atoms with E-state index in [0.717, 1.165) is 29.0 Å². The quantitative estimate of drug-likeness (QED) is 0.418. The van der Waals surface area contributed by atoms with Crippen LogP contribution >= 0.6 is 11.3 Å². The summed E-state index contributed by atoms with van der Waals surface area (Å²) in [4.78, 5) is 19.9. The highest BCUT2D eigenvalue weighted by Crippen LogP contribution is 2.23. The van der Waals surface area contributed by atoms with Crippen molar-refractivity contribution in [2.24, 2.45) is 0 Å². The maximum atomic E-state index is 12.2. The highest BCUT2D eigenvalue weighted by molar-refractivity contribution is 7.13. The SMILES string of the molecule is O=C(NC1CC1)c1ccc(CN(Cc2ccco2)Cc2nc(-c3cccs3)no2)cc1. The molecule has 0 atom stereocenters. The number of hydrogen-bond donors (Lipinski definition) is 1. The molecule has 158 valence electrons. The van der Waals surface area contributed by atoms with Gasteiger partial charge in [0, 0.05) is 18.2 Å². The third kappa shape index (κ3) is 5.10. The summed E-state index contributed by atoms with van der Waals surface area (Å²) in [5, 5.41) is 9.11. The van der Waals surface area contributed by atoms with E-state index in [4.69, 9.17) is 8.94 Å². The number of amides is 1. The summed E-state index contributed by atoms with van der Waals surface area (Å²) in [5.74, 6) is 2.01. The Morgan fingerprint density at radius 3 is 2.68 bits per heavy atom. The Bertz CT molecular complexity index is 1120. The van der Waals surface area contributed by atoms with Crippen molar-refractivity contribution in [3.05, 3.63) is 83.0 Å². The lowest BCUT2D eigenvalue weighted by Gasteiger charge is -2.19. The number of carbonyl (C=O) groups is 1. The van der Waals surface area contributed by atoms with Crippen LogP contribution in [-0.2, 0) is 19.6 Å². The van der Waals surface area contributed by atoms with Crippen molar-refractivity contribution in [2.75, 3.05) is 0 Å². The van der Waals surface area contributed by atoms with Crippen molar-refractivity contribution in [3.8, 4) is 10.7 Å². The molecule has 1 aliphatic rings. The number of carbonyl (C=O) groups excluding carboxylic acids is 1. The molecule has 4 aromatic rings. The number of nitrogens with zero attached hydrogens (tertiary/aromatic N) is 3. The van der Waals surface area contributed by atoms with Crippen LogP contribution in [0.3, 0.4) is 0 Å². The van der Waals surface area contributed by atoms with Crippen molar-refractivity contribution in [2.45, 2.75) is 38.5 Å². The Hall–Kier alpha value is -3.23. The van der Waals surface area contributed by atoms with Gasteiger partial charge in [0.2, 0.25) is 11.7 Å². The Labute approximate surface area is 183 Å². The van der Waals surface area contributed by atoms with E-state index in [0.29, 0.717) is 43.0 Å². The second kappa shape index (κ2) is 8.87. The van der Waals surface area contributed by atoms with E-state index in [1.54, 1.807) is 17.6 Å². The van der Waals surface area contributed by atoms with Gasteiger partial charge in [-0.1, -0.05) is 23.4 Å². The van der Waals surface area contributed by atoms with E-state index in [-0.39, 0.29) is 5.91 Å². The van der Waals surface area contributed by atoms with Crippen LogP contribution in [0, 0.1) is 0 Å². The summed E-state index contributed by atoms with van der Waals surface area (Å²) in [6.07, 6.45) is 3.83. The minimum absolute atomic E-state index is 0.00606. The van der Waals surface area contributed by atoms with Gasteiger partial charge in [-0.05, 0) is 54.1 Å². The summed E-state index contributed by atoms with van der Waals surface area (Å²) >= 11 is 1.58. The zero-order valence-corrected chi connectivity index (χ0v) is 17.7. The van der Waals surface area contributed by atoms with Crippen LogP contribution in [0.25, 0.3) is 10.7 Å². The second-order valence-electron chi connectivity index (χ2n) is 7.66. The van der Waals surface area contributed by atoms with Crippen molar-refractivity contribution in [3.63, 3.8) is 0 Å². The fourth-order valence-corrected chi connectivity index (χ4v) is 3.97. The van der Waals surface area contributed by atoms with Crippen molar-refractivity contribution in [1.82, 2.24) is 20.4 Å². The largest absolute Gasteiger partial charge is 0.468 e. The molecule has 8 heteroatoms. The molecule has 0 saturated heterocycles. The molecule has 1 aromatic carbocycles. The second-order valence-corrected chi connectivity index (χ2v) is 8.61. The smallest absolute Gasteiger partial charge is 0.251 e. The molecule has 31 heavy (non-hydrogen) atoms. The molecule has 3 aromatic heterocycles. The van der Waals surface area contributed by atoms with Crippen LogP contribution < -0.4 is 5.32 Å². The molecule has 3 heterocycles. The summed E-state index contributed by atoms with van der Waals surface area (Å²) in [6.45, 7) is 1.75. The number of thiophene rings is 1. The number of aromatic nitrogens is 2. The Kier molecular flexibility index (Phi) is 5.64. The van der Waals surface area contributed by atoms with Crippen molar-refractivity contribution < 1.29 is 13.7 Å². The number of rotatable bonds is 9. The lowest BCUT2D eigenvalue weighted by Crippen LogP contribution is -2.25. The Morgan fingerprint density at radius 1 is 1.10 bits per heavy atom. The van der Waals surface area contributed by atoms with Gasteiger partial charge in [-0.15, -0.1) is 11.3 Å². The van der Waals surface area contributed by atoms with E-state index < -0.39 is 0 Å². The van der Waals surface area contributed by atoms with Gasteiger partial charge in [0.15, 0.2) is 0 Å². The number of furan rings is 1. The van der Waals surface area contributed by atoms with Gasteiger partial charge < -0.3 is 14.3 Å². The average molecular weight is 435 g/mol. The zero-order valence-electron chi connectivity index (χ0n) is 16.9. The van der Waals surface area contributed by atoms with E-state index in [9.17, 15) is 4.79 Å². The number of nitrogens with one attached hydrogen (secondary N) is 1. The zero-order chi connectivity index (χ0) is 21.0. The topological polar surface area (TPSA) is 84.4 Å². The van der Waals surface area contributed by atoms with Gasteiger partial charge in [0.1, 0.15) is 5.76 Å². The first-order valence-electron chi connectivity index (χ1n) is 10.2. The van der Waals surface area contributed by atoms with Crippen molar-refractivity contribution in [1.29, 1.82) is 0 Å². The lowest BCUT2D eigenvalue weighted by atomic mass is 10.1. The Balaban J connectivity index is 1.28. The molecule has 0 unspecified atom stereocenters. The van der Waals surface area contributed by atoms with Crippen LogP contribution in [0.4, 0.5) is 0 Å². The number of hydrogen-bond acceptors (Lipinski definition) is 7. The highest BCUT2D eigenvalue weighted by atomic mass is 32.1. The maximum Gasteiger partial charge on any atom is 0.251 e. The van der Waals surface area contributed by atoms with E-state index >= 15 is 0 Å². The summed E-state index contributed by atoms with van der Waals surface area (Å²) in [5.41, 5.74) is 1.78. The van der Waals surface area contributed by atoms with E-state index in [1.165, 1.54) is 0 Å². The molecule has 1 N–H and O–H groups in total. The first kappa shape index (κ1) is 19.7. The molecule has 5 rings (SSSR count). The molecule has 0 radical (unpaired) electrons. The first-order valence-corrected chi connectivity index (χ1v) is 11.1. The monoisotopic (exact) mass is 434 g/mol. The predicted octanol–water partition coefficient (Wildman–Crippen LogP) is 4.49. The van der Waals surface area contributed by atoms with Crippen LogP contribution in [0.5, 0.6) is 0 Å². The van der Waals surface area contributed by atoms with Crippen LogP contribution in [0.15, 0.2) is 69.1 Å². The lowest BCUT2D eigenvalue weighted by molar-refractivity contribution is 0.0951. The van der Waals surface area contributed by atoms with Crippen LogP contribution in [0.1, 0.15) is 40.4 Å². The average Bonchev–Trinajstić information content (AvgIpc) is 3.22. The summed E-state index contributed by atoms with van der Waals surface area (Å²) in [6, 6.07) is 15.8. The molecule has 1 fully saturated rings. The molecule has 1 aliphatic carbocycles. The Morgan fingerprint density at radius 2 is 1.97 bits per heavy atom. The third-order valence-electron chi connectivity index (χ3n) is 5.06. The van der Waals surface area contributed by atoms with Crippen molar-refractivity contribution >= 4 is 17.2 Å². The van der Waals surface area contributed by atoms with Crippen LogP contribution in [-0.4, -0.2) is 27.0 Å². The fourth-order valence-electron chi connectivity index (χ4n) is 3.32. The minimum atomic E-state index is -0.00606. The molecule has 0 spiro atoms. The van der Waals surface area contributed by atoms with Gasteiger partial charge in [-0.3, -0.25) is 9.69 Å². The van der Waals surface area contributed by atoms with E-state index in [1.807, 2.05) is 53.9 Å². The van der Waals surface area contributed by atoms with Gasteiger partial charge in [-0.2, -0.15) is 4.98 Å². The standard InChI is InChI=1S/C23H22N4O3S/c28-23(24-18-9-10-18)17-7-5-16(6-8-17)13-27(14-19-3-1-11-29-19)15-21-25-22(26-30-21)20-4-2-12-31-20/h1-8,11-12,18H,9-10,13-15H2,(H,24,28). The minimum Gasteiger partial charge on any atom is -0.468 e. The van der Waals surface area contributed by atoms with Crippen LogP contribution in [0.2, 0.25) is 0 Å². The van der Waals surface area contributed by atoms with Gasteiger partial charge in [0.05, 0.1) is 24.2 Å². The maximum absolute atomic E-state index is 12.2.